The molecule has 38 heavy (non-hydrogen) atoms. The maximum absolute atomic E-state index is 13.3. The lowest BCUT2D eigenvalue weighted by Gasteiger charge is -2.15. The van der Waals surface area contributed by atoms with Crippen LogP contribution in [0.4, 0.5) is 4.79 Å². The topological polar surface area (TPSA) is 55.8 Å². The Balaban J connectivity index is 1.38. The van der Waals surface area contributed by atoms with E-state index in [9.17, 15) is 9.59 Å². The second-order valence-electron chi connectivity index (χ2n) is 8.93. The van der Waals surface area contributed by atoms with Crippen molar-refractivity contribution in [1.82, 2.24) is 4.90 Å². The maximum Gasteiger partial charge on any atom is 0.293 e. The normalized spacial score (nSPS) is 14.5. The molecular formula is C31H26BrNO4S. The van der Waals surface area contributed by atoms with Crippen LogP contribution >= 0.6 is 27.7 Å². The number of imide groups is 1. The van der Waals surface area contributed by atoms with Gasteiger partial charge in [0, 0.05) is 4.47 Å². The Morgan fingerprint density at radius 3 is 2.45 bits per heavy atom. The number of carbonyl (C=O) groups is 2. The van der Waals surface area contributed by atoms with E-state index in [1.165, 1.54) is 10.5 Å². The summed E-state index contributed by atoms with van der Waals surface area (Å²) in [6.07, 6.45) is 1.73. The number of carbonyl (C=O) groups excluding carboxylic acids is 2. The van der Waals surface area contributed by atoms with E-state index in [-0.39, 0.29) is 17.7 Å². The molecule has 1 saturated heterocycles. The first-order valence-electron chi connectivity index (χ1n) is 12.3. The first-order valence-corrected chi connectivity index (χ1v) is 13.9. The van der Waals surface area contributed by atoms with Crippen LogP contribution in [0.5, 0.6) is 11.5 Å². The van der Waals surface area contributed by atoms with Crippen LogP contribution in [0.25, 0.3) is 16.8 Å². The molecule has 1 aliphatic rings. The van der Waals surface area contributed by atoms with Crippen LogP contribution in [0.2, 0.25) is 0 Å². The number of nitrogens with zero attached hydrogens (tertiary/aromatic N) is 1. The van der Waals surface area contributed by atoms with Crippen molar-refractivity contribution in [2.75, 3.05) is 6.61 Å². The van der Waals surface area contributed by atoms with Gasteiger partial charge in [0.2, 0.25) is 0 Å². The third-order valence-corrected chi connectivity index (χ3v) is 7.84. The summed E-state index contributed by atoms with van der Waals surface area (Å²) in [7, 11) is 0. The highest BCUT2D eigenvalue weighted by Crippen LogP contribution is 2.39. The zero-order valence-electron chi connectivity index (χ0n) is 21.1. The van der Waals surface area contributed by atoms with E-state index >= 15 is 0 Å². The monoisotopic (exact) mass is 587 g/mol. The molecule has 0 unspecified atom stereocenters. The van der Waals surface area contributed by atoms with Crippen molar-refractivity contribution in [3.8, 4) is 11.5 Å². The molecule has 0 aromatic heterocycles. The van der Waals surface area contributed by atoms with Gasteiger partial charge in [0.25, 0.3) is 11.1 Å². The number of hydrogen-bond donors (Lipinski definition) is 0. The molecule has 1 heterocycles. The zero-order chi connectivity index (χ0) is 26.6. The molecule has 0 radical (unpaired) electrons. The Morgan fingerprint density at radius 2 is 1.66 bits per heavy atom. The van der Waals surface area contributed by atoms with Gasteiger partial charge >= 0.3 is 0 Å². The lowest BCUT2D eigenvalue weighted by Crippen LogP contribution is -2.27. The number of hydrogen-bond acceptors (Lipinski definition) is 5. The van der Waals surface area contributed by atoms with Crippen LogP contribution in [0.3, 0.4) is 0 Å². The summed E-state index contributed by atoms with van der Waals surface area (Å²) in [5, 5.41) is 1.82. The van der Waals surface area contributed by atoms with Gasteiger partial charge in [-0.3, -0.25) is 14.5 Å². The highest BCUT2D eigenvalue weighted by Gasteiger charge is 2.35. The molecular weight excluding hydrogens is 562 g/mol. The Bertz CT molecular complexity index is 1540. The number of thioether (sulfide) groups is 1. The summed E-state index contributed by atoms with van der Waals surface area (Å²) in [5.74, 6) is 0.863. The lowest BCUT2D eigenvalue weighted by atomic mass is 10.0. The van der Waals surface area contributed by atoms with Crippen molar-refractivity contribution in [2.45, 2.75) is 27.0 Å². The Morgan fingerprint density at radius 1 is 0.921 bits per heavy atom. The highest BCUT2D eigenvalue weighted by atomic mass is 79.9. The fraction of sp³-hybridized carbons (Fsp3) is 0.161. The minimum atomic E-state index is -0.308. The van der Waals surface area contributed by atoms with Crippen LogP contribution in [-0.2, 0) is 17.9 Å². The summed E-state index contributed by atoms with van der Waals surface area (Å²) in [4.78, 5) is 27.8. The fourth-order valence-corrected chi connectivity index (χ4v) is 5.53. The number of rotatable bonds is 8. The molecule has 0 aliphatic carbocycles. The molecule has 0 atom stereocenters. The molecule has 4 aromatic carbocycles. The maximum atomic E-state index is 13.3. The number of benzene rings is 4. The molecule has 192 valence electrons. The van der Waals surface area contributed by atoms with Crippen LogP contribution < -0.4 is 9.47 Å². The minimum absolute atomic E-state index is 0.223. The van der Waals surface area contributed by atoms with E-state index in [4.69, 9.17) is 9.47 Å². The van der Waals surface area contributed by atoms with Gasteiger partial charge in [0.05, 0.1) is 18.1 Å². The summed E-state index contributed by atoms with van der Waals surface area (Å²) in [6.45, 7) is 5.04. The molecule has 0 saturated carbocycles. The molecule has 0 spiro atoms. The van der Waals surface area contributed by atoms with Gasteiger partial charge in [-0.1, -0.05) is 88.2 Å². The third-order valence-electron chi connectivity index (χ3n) is 6.25. The van der Waals surface area contributed by atoms with E-state index in [2.05, 4.69) is 28.1 Å². The number of fused-ring (bicyclic) bond motifs is 1. The first kappa shape index (κ1) is 26.1. The molecule has 5 nitrogen and oxygen atoms in total. The third kappa shape index (κ3) is 5.64. The lowest BCUT2D eigenvalue weighted by molar-refractivity contribution is -0.123. The van der Waals surface area contributed by atoms with Crippen LogP contribution in [0.1, 0.15) is 29.2 Å². The number of amides is 2. The second kappa shape index (κ2) is 11.5. The zero-order valence-corrected chi connectivity index (χ0v) is 23.5. The largest absolute Gasteiger partial charge is 0.490 e. The quantitative estimate of drug-likeness (QED) is 0.195. The Labute approximate surface area is 234 Å². The summed E-state index contributed by atoms with van der Waals surface area (Å²) in [6, 6.07) is 25.7. The SMILES string of the molecule is CCOc1cc(/C=C2/SC(=O)N(Cc3cccc4ccccc34)C2=O)c(Br)cc1OCc1ccc(C)cc1. The highest BCUT2D eigenvalue weighted by molar-refractivity contribution is 9.10. The molecule has 7 heteroatoms. The molecule has 4 aromatic rings. The van der Waals surface area contributed by atoms with Crippen molar-refractivity contribution < 1.29 is 19.1 Å². The van der Waals surface area contributed by atoms with Gasteiger partial charge < -0.3 is 9.47 Å². The molecule has 5 rings (SSSR count). The van der Waals surface area contributed by atoms with Gasteiger partial charge in [-0.25, -0.2) is 0 Å². The van der Waals surface area contributed by atoms with Crippen molar-refractivity contribution >= 4 is 55.7 Å². The number of aryl methyl sites for hydroxylation is 1. The fourth-order valence-electron chi connectivity index (χ4n) is 4.27. The van der Waals surface area contributed by atoms with E-state index < -0.39 is 0 Å². The van der Waals surface area contributed by atoms with Crippen molar-refractivity contribution in [1.29, 1.82) is 0 Å². The van der Waals surface area contributed by atoms with Gasteiger partial charge in [-0.15, -0.1) is 0 Å². The van der Waals surface area contributed by atoms with E-state index in [1.807, 2.05) is 80.6 Å². The molecule has 0 bridgehead atoms. The Hall–Kier alpha value is -3.55. The Kier molecular flexibility index (Phi) is 7.86. The molecule has 2 amide bonds. The van der Waals surface area contributed by atoms with E-state index in [0.29, 0.717) is 29.6 Å². The minimum Gasteiger partial charge on any atom is -0.490 e. The number of halogens is 1. The second-order valence-corrected chi connectivity index (χ2v) is 10.8. The summed E-state index contributed by atoms with van der Waals surface area (Å²) in [5.41, 5.74) is 3.91. The van der Waals surface area contributed by atoms with Gasteiger partial charge in [0.15, 0.2) is 11.5 Å². The average Bonchev–Trinajstić information content (AvgIpc) is 3.18. The predicted octanol–water partition coefficient (Wildman–Crippen LogP) is 8.12. The average molecular weight is 589 g/mol. The summed E-state index contributed by atoms with van der Waals surface area (Å²) >= 11 is 4.56. The van der Waals surface area contributed by atoms with Crippen LogP contribution in [0.15, 0.2) is 88.2 Å². The molecule has 1 aliphatic heterocycles. The van der Waals surface area contributed by atoms with Crippen molar-refractivity contribution in [3.05, 3.63) is 110 Å². The van der Waals surface area contributed by atoms with Gasteiger partial charge in [-0.05, 0) is 71.3 Å². The standard InChI is InChI=1S/C31H26BrNO4S/c1-3-36-27-15-24(26(32)17-28(27)37-19-21-13-11-20(2)12-14-21)16-29-30(34)33(31(35)38-29)18-23-9-6-8-22-7-4-5-10-25(22)23/h4-17H,3,18-19H2,1-2H3/b29-16+. The van der Waals surface area contributed by atoms with Crippen LogP contribution in [-0.4, -0.2) is 22.7 Å². The van der Waals surface area contributed by atoms with Crippen LogP contribution in [0, 0.1) is 6.92 Å². The molecule has 0 N–H and O–H groups in total. The summed E-state index contributed by atoms with van der Waals surface area (Å²) < 4.78 is 12.7. The predicted molar refractivity (Wildman–Crippen MR) is 156 cm³/mol. The number of ether oxygens (including phenoxy) is 2. The van der Waals surface area contributed by atoms with Gasteiger partial charge in [0.1, 0.15) is 6.61 Å². The van der Waals surface area contributed by atoms with Crippen molar-refractivity contribution in [3.63, 3.8) is 0 Å². The van der Waals surface area contributed by atoms with Crippen molar-refractivity contribution in [2.24, 2.45) is 0 Å². The van der Waals surface area contributed by atoms with E-state index in [0.717, 1.165) is 43.7 Å². The van der Waals surface area contributed by atoms with E-state index in [1.54, 1.807) is 6.08 Å². The smallest absolute Gasteiger partial charge is 0.293 e. The van der Waals surface area contributed by atoms with Gasteiger partial charge in [-0.2, -0.15) is 0 Å². The molecule has 1 fully saturated rings. The first-order chi connectivity index (χ1) is 18.4.